The first-order valence-electron chi connectivity index (χ1n) is 12.7. The summed E-state index contributed by atoms with van der Waals surface area (Å²) in [6.45, 7) is 0. The first-order valence-corrected chi connectivity index (χ1v) is 12.7. The monoisotopic (exact) mass is 437 g/mol. The van der Waals surface area contributed by atoms with Crippen LogP contribution in [0, 0.1) is 0 Å². The van der Waals surface area contributed by atoms with Crippen LogP contribution >= 0.6 is 0 Å². The summed E-state index contributed by atoms with van der Waals surface area (Å²) in [6.07, 6.45) is 16.4. The second-order valence-electron chi connectivity index (χ2n) is 10.1. The van der Waals surface area contributed by atoms with Gasteiger partial charge < -0.3 is 9.67 Å². The number of aromatic nitrogens is 2. The molecule has 6 nitrogen and oxygen atoms in total. The Labute approximate surface area is 189 Å². The van der Waals surface area contributed by atoms with Gasteiger partial charge in [0.25, 0.3) is 5.56 Å². The van der Waals surface area contributed by atoms with E-state index in [0.29, 0.717) is 23.6 Å². The van der Waals surface area contributed by atoms with Crippen LogP contribution in [-0.2, 0) is 0 Å². The summed E-state index contributed by atoms with van der Waals surface area (Å²) in [5.41, 5.74) is 0.546. The van der Waals surface area contributed by atoms with Gasteiger partial charge in [0.2, 0.25) is 5.69 Å². The Morgan fingerprint density at radius 2 is 1.41 bits per heavy atom. The number of carboxylic acids is 1. The zero-order valence-corrected chi connectivity index (χ0v) is 18.9. The summed E-state index contributed by atoms with van der Waals surface area (Å²) >= 11 is 0. The van der Waals surface area contributed by atoms with Crippen molar-refractivity contribution in [3.8, 4) is 0 Å². The van der Waals surface area contributed by atoms with E-state index in [0.717, 1.165) is 18.4 Å². The molecule has 2 aromatic rings. The van der Waals surface area contributed by atoms with Crippen LogP contribution < -0.4 is 5.56 Å². The molecule has 1 N–H and O–H groups in total. The Morgan fingerprint density at radius 1 is 0.812 bits per heavy atom. The van der Waals surface area contributed by atoms with Crippen molar-refractivity contribution < 1.29 is 9.90 Å². The number of rotatable bonds is 3. The third-order valence-corrected chi connectivity index (χ3v) is 8.12. The Balaban J connectivity index is 1.43. The number of para-hydroxylation sites is 2. The average Bonchev–Trinajstić information content (AvgIpc) is 3.05. The van der Waals surface area contributed by atoms with Gasteiger partial charge in [-0.05, 0) is 50.7 Å². The molecule has 32 heavy (non-hydrogen) atoms. The third kappa shape index (κ3) is 4.09. The summed E-state index contributed by atoms with van der Waals surface area (Å²) in [7, 11) is 0. The summed E-state index contributed by atoms with van der Waals surface area (Å²) in [6, 6.07) is 9.18. The summed E-state index contributed by atoms with van der Waals surface area (Å²) < 4.78 is 1.77. The van der Waals surface area contributed by atoms with E-state index in [1.165, 1.54) is 70.6 Å². The standard InChI is InChI=1S/C26H35N3O3/c30-25-24(26(31)32)27-22-12-8-9-13-23(22)29(25)21-16-19-14-15-20(17-21)28(19)18-10-6-4-2-1-3-5-7-11-18/h8-9,12-13,18-21H,1-7,10-11,14-17H2,(H,31,32)/t19-,20+,21?. The zero-order chi connectivity index (χ0) is 22.1. The fraction of sp³-hybridized carbons (Fsp3) is 0.654. The molecule has 2 saturated heterocycles. The van der Waals surface area contributed by atoms with Crippen LogP contribution in [0.4, 0.5) is 0 Å². The largest absolute Gasteiger partial charge is 0.476 e. The molecule has 3 aliphatic rings. The second kappa shape index (κ2) is 9.34. The van der Waals surface area contributed by atoms with Crippen molar-refractivity contribution in [3.05, 3.63) is 40.3 Å². The molecule has 0 amide bonds. The number of carboxylic acid groups (broad SMARTS) is 1. The molecule has 2 bridgehead atoms. The Morgan fingerprint density at radius 3 is 2.03 bits per heavy atom. The third-order valence-electron chi connectivity index (χ3n) is 8.12. The molecule has 1 saturated carbocycles. The number of fused-ring (bicyclic) bond motifs is 3. The van der Waals surface area contributed by atoms with E-state index < -0.39 is 11.5 Å². The van der Waals surface area contributed by atoms with Crippen LogP contribution in [0.25, 0.3) is 11.0 Å². The molecule has 1 aliphatic carbocycles. The summed E-state index contributed by atoms with van der Waals surface area (Å²) in [5, 5.41) is 9.58. The van der Waals surface area contributed by atoms with Crippen molar-refractivity contribution in [2.24, 2.45) is 0 Å². The van der Waals surface area contributed by atoms with Crippen LogP contribution in [0.5, 0.6) is 0 Å². The lowest BCUT2D eigenvalue weighted by atomic mass is 9.90. The highest BCUT2D eigenvalue weighted by molar-refractivity contribution is 5.88. The molecule has 1 aromatic heterocycles. The Hall–Kier alpha value is -2.21. The molecular weight excluding hydrogens is 402 g/mol. The fourth-order valence-electron chi connectivity index (χ4n) is 6.73. The second-order valence-corrected chi connectivity index (χ2v) is 10.1. The predicted octanol–water partition coefficient (Wildman–Crippen LogP) is 5.16. The van der Waals surface area contributed by atoms with Crippen molar-refractivity contribution in [1.29, 1.82) is 0 Å². The van der Waals surface area contributed by atoms with Gasteiger partial charge in [0.15, 0.2) is 0 Å². The van der Waals surface area contributed by atoms with Gasteiger partial charge in [0.05, 0.1) is 11.0 Å². The van der Waals surface area contributed by atoms with E-state index in [2.05, 4.69) is 9.88 Å². The smallest absolute Gasteiger partial charge is 0.360 e. The first-order chi connectivity index (χ1) is 15.6. The molecule has 0 spiro atoms. The van der Waals surface area contributed by atoms with Crippen LogP contribution in [0.3, 0.4) is 0 Å². The molecule has 3 heterocycles. The summed E-state index contributed by atoms with van der Waals surface area (Å²) in [5.74, 6) is -1.24. The number of benzene rings is 1. The number of hydrogen-bond acceptors (Lipinski definition) is 4. The minimum Gasteiger partial charge on any atom is -0.476 e. The van der Waals surface area contributed by atoms with Crippen LogP contribution in [-0.4, -0.2) is 43.7 Å². The molecule has 0 radical (unpaired) electrons. The van der Waals surface area contributed by atoms with Crippen LogP contribution in [0.2, 0.25) is 0 Å². The number of piperidine rings is 1. The van der Waals surface area contributed by atoms with Crippen molar-refractivity contribution in [3.63, 3.8) is 0 Å². The van der Waals surface area contributed by atoms with Gasteiger partial charge in [0, 0.05) is 24.2 Å². The molecule has 172 valence electrons. The normalized spacial score (nSPS) is 28.1. The van der Waals surface area contributed by atoms with E-state index in [9.17, 15) is 14.7 Å². The SMILES string of the molecule is O=C(O)c1nc2ccccc2n(C2C[C@H]3CC[C@@H](C2)N3C2CCCCCCCCC2)c1=O. The average molecular weight is 438 g/mol. The maximum Gasteiger partial charge on any atom is 0.360 e. The molecular formula is C26H35N3O3. The van der Waals surface area contributed by atoms with Gasteiger partial charge in [-0.15, -0.1) is 0 Å². The Kier molecular flexibility index (Phi) is 6.31. The molecule has 3 fully saturated rings. The maximum absolute atomic E-state index is 13.2. The quantitative estimate of drug-likeness (QED) is 0.718. The van der Waals surface area contributed by atoms with Crippen molar-refractivity contribution in [2.75, 3.05) is 0 Å². The van der Waals surface area contributed by atoms with E-state index in [-0.39, 0.29) is 11.7 Å². The molecule has 3 atom stereocenters. The van der Waals surface area contributed by atoms with Crippen molar-refractivity contribution in [1.82, 2.24) is 14.5 Å². The summed E-state index contributed by atoms with van der Waals surface area (Å²) in [4.78, 5) is 31.9. The van der Waals surface area contributed by atoms with Crippen LogP contribution in [0.1, 0.15) is 100 Å². The number of carbonyl (C=O) groups is 1. The van der Waals surface area contributed by atoms with Gasteiger partial charge in [-0.2, -0.15) is 0 Å². The highest BCUT2D eigenvalue weighted by Gasteiger charge is 2.44. The van der Waals surface area contributed by atoms with Gasteiger partial charge in [-0.1, -0.05) is 57.1 Å². The van der Waals surface area contributed by atoms with Gasteiger partial charge >= 0.3 is 5.97 Å². The maximum atomic E-state index is 13.2. The number of aromatic carboxylic acids is 1. The van der Waals surface area contributed by atoms with Crippen molar-refractivity contribution >= 4 is 17.0 Å². The lowest BCUT2D eigenvalue weighted by molar-refractivity contribution is 0.0508. The molecule has 5 rings (SSSR count). The van der Waals surface area contributed by atoms with E-state index in [1.54, 1.807) is 4.57 Å². The lowest BCUT2D eigenvalue weighted by Gasteiger charge is -2.44. The highest BCUT2D eigenvalue weighted by Crippen LogP contribution is 2.44. The zero-order valence-electron chi connectivity index (χ0n) is 18.9. The highest BCUT2D eigenvalue weighted by atomic mass is 16.4. The number of hydrogen-bond donors (Lipinski definition) is 1. The minimum absolute atomic E-state index is 0.0433. The predicted molar refractivity (Wildman–Crippen MR) is 125 cm³/mol. The Bertz CT molecular complexity index is 1010. The molecule has 1 aromatic carbocycles. The lowest BCUT2D eigenvalue weighted by Crippen LogP contribution is -2.50. The van der Waals surface area contributed by atoms with E-state index in [1.807, 2.05) is 24.3 Å². The van der Waals surface area contributed by atoms with E-state index >= 15 is 0 Å². The van der Waals surface area contributed by atoms with Crippen molar-refractivity contribution in [2.45, 2.75) is 108 Å². The minimum atomic E-state index is -1.24. The van der Waals surface area contributed by atoms with Gasteiger partial charge in [-0.25, -0.2) is 9.78 Å². The van der Waals surface area contributed by atoms with Crippen LogP contribution in [0.15, 0.2) is 29.1 Å². The number of nitrogens with zero attached hydrogens (tertiary/aromatic N) is 3. The van der Waals surface area contributed by atoms with Gasteiger partial charge in [-0.3, -0.25) is 9.69 Å². The fourth-order valence-corrected chi connectivity index (χ4v) is 6.73. The van der Waals surface area contributed by atoms with E-state index in [4.69, 9.17) is 0 Å². The van der Waals surface area contributed by atoms with Gasteiger partial charge in [0.1, 0.15) is 0 Å². The molecule has 6 heteroatoms. The first kappa shape index (κ1) is 21.6. The topological polar surface area (TPSA) is 75.4 Å². The molecule has 2 aliphatic heterocycles. The molecule has 1 unspecified atom stereocenters.